The summed E-state index contributed by atoms with van der Waals surface area (Å²) in [6.45, 7) is 20.2. The molecule has 15 heteroatoms. The average Bonchev–Trinajstić information content (AvgIpc) is 3.98. The van der Waals surface area contributed by atoms with Gasteiger partial charge in [0, 0.05) is 45.1 Å². The number of fused-ring (bicyclic) bond motifs is 1. The molecule has 306 valence electrons. The zero-order valence-corrected chi connectivity index (χ0v) is 36.1. The third kappa shape index (κ3) is 9.47. The van der Waals surface area contributed by atoms with Crippen LogP contribution in [0.1, 0.15) is 78.1 Å². The van der Waals surface area contributed by atoms with Crippen LogP contribution in [0.4, 0.5) is 9.59 Å². The highest BCUT2D eigenvalue weighted by Crippen LogP contribution is 2.36. The van der Waals surface area contributed by atoms with Crippen LogP contribution in [0.3, 0.4) is 0 Å². The molecular weight excluding hydrogens is 751 g/mol. The molecule has 2 atom stereocenters. The first-order valence-electron chi connectivity index (χ1n) is 20.0. The Morgan fingerprint density at radius 3 is 2.26 bits per heavy atom. The van der Waals surface area contributed by atoms with E-state index in [2.05, 4.69) is 34.2 Å². The summed E-state index contributed by atoms with van der Waals surface area (Å²) in [5.41, 5.74) is 5.00. The van der Waals surface area contributed by atoms with Crippen LogP contribution in [0.5, 0.6) is 0 Å². The number of benzene rings is 1. The van der Waals surface area contributed by atoms with E-state index in [0.717, 1.165) is 52.8 Å². The summed E-state index contributed by atoms with van der Waals surface area (Å²) in [5, 5.41) is 0. The van der Waals surface area contributed by atoms with Crippen molar-refractivity contribution in [3.05, 3.63) is 78.9 Å². The van der Waals surface area contributed by atoms with Gasteiger partial charge in [0.1, 0.15) is 41.1 Å². The fraction of sp³-hybridized carbons (Fsp3) is 0.465. The standard InChI is InChI=1S/C43H55N9O5Si/c1-42(2,3)56-40(53)50-18-10-12-34(50)38-46-25-33(49-38)29-16-14-28(15-17-29)32-24-44-31-22-30(23-45-37(31)48-32)36-26-47-39(52(36)27-55-20-21-58(7,8)9)35-13-11-19-51(35)41(54)57-43(4,5)6/h10,12,14-17,22-26,34-35H,11,13,18-21,27H2,1-9H3,(H,46,49). The van der Waals surface area contributed by atoms with E-state index < -0.39 is 19.3 Å². The smallest absolute Gasteiger partial charge is 0.411 e. The monoisotopic (exact) mass is 805 g/mol. The molecule has 2 aliphatic rings. The second-order valence-corrected chi connectivity index (χ2v) is 23.8. The van der Waals surface area contributed by atoms with Gasteiger partial charge in [0.05, 0.1) is 41.7 Å². The van der Waals surface area contributed by atoms with E-state index in [0.29, 0.717) is 49.1 Å². The second-order valence-electron chi connectivity index (χ2n) is 18.2. The molecule has 58 heavy (non-hydrogen) atoms. The average molecular weight is 806 g/mol. The van der Waals surface area contributed by atoms with Crippen LogP contribution >= 0.6 is 0 Å². The minimum atomic E-state index is -1.30. The second kappa shape index (κ2) is 16.1. The minimum absolute atomic E-state index is 0.236. The van der Waals surface area contributed by atoms with Gasteiger partial charge in [0.2, 0.25) is 0 Å². The zero-order chi connectivity index (χ0) is 41.4. The van der Waals surface area contributed by atoms with Crippen LogP contribution in [-0.2, 0) is 20.9 Å². The molecule has 2 aliphatic heterocycles. The zero-order valence-electron chi connectivity index (χ0n) is 35.1. The quantitative estimate of drug-likeness (QED) is 0.0821. The molecule has 2 unspecified atom stereocenters. The van der Waals surface area contributed by atoms with Gasteiger partial charge in [-0.25, -0.2) is 29.5 Å². The lowest BCUT2D eigenvalue weighted by Gasteiger charge is -2.29. The molecule has 2 amide bonds. The van der Waals surface area contributed by atoms with E-state index in [4.69, 9.17) is 34.1 Å². The van der Waals surface area contributed by atoms with Crippen LogP contribution in [-0.4, -0.2) is 95.4 Å². The molecule has 1 N–H and O–H groups in total. The fourth-order valence-corrected chi connectivity index (χ4v) is 7.79. The van der Waals surface area contributed by atoms with Gasteiger partial charge in [-0.15, -0.1) is 0 Å². The van der Waals surface area contributed by atoms with Crippen molar-refractivity contribution in [3.63, 3.8) is 0 Å². The predicted octanol–water partition coefficient (Wildman–Crippen LogP) is 9.18. The number of aromatic nitrogens is 7. The van der Waals surface area contributed by atoms with E-state index >= 15 is 0 Å². The van der Waals surface area contributed by atoms with Gasteiger partial charge in [0.25, 0.3) is 0 Å². The van der Waals surface area contributed by atoms with Gasteiger partial charge in [-0.2, -0.15) is 0 Å². The first-order chi connectivity index (χ1) is 27.4. The molecule has 1 fully saturated rings. The van der Waals surface area contributed by atoms with Crippen molar-refractivity contribution in [2.75, 3.05) is 19.7 Å². The molecule has 0 saturated carbocycles. The van der Waals surface area contributed by atoms with Crippen molar-refractivity contribution in [2.45, 2.75) is 110 Å². The molecule has 7 rings (SSSR count). The Bertz CT molecular complexity index is 2300. The van der Waals surface area contributed by atoms with E-state index in [-0.39, 0.29) is 24.3 Å². The number of aromatic amines is 1. The third-order valence-electron chi connectivity index (χ3n) is 9.93. The molecule has 1 saturated heterocycles. The Morgan fingerprint density at radius 1 is 0.845 bits per heavy atom. The maximum absolute atomic E-state index is 13.3. The number of likely N-dealkylation sites (tertiary alicyclic amines) is 1. The normalized spacial score (nSPS) is 17.4. The first kappa shape index (κ1) is 40.8. The largest absolute Gasteiger partial charge is 0.444 e. The van der Waals surface area contributed by atoms with Crippen LogP contribution in [0, 0.1) is 0 Å². The summed E-state index contributed by atoms with van der Waals surface area (Å²) in [6.07, 6.45) is 12.0. The lowest BCUT2D eigenvalue weighted by atomic mass is 10.1. The van der Waals surface area contributed by atoms with Gasteiger partial charge in [-0.1, -0.05) is 56.1 Å². The van der Waals surface area contributed by atoms with Crippen molar-refractivity contribution in [1.82, 2.24) is 44.3 Å². The third-order valence-corrected chi connectivity index (χ3v) is 11.6. The summed E-state index contributed by atoms with van der Waals surface area (Å²) in [7, 11) is -1.30. The number of hydrogen-bond acceptors (Lipinski definition) is 10. The number of pyridine rings is 1. The number of nitrogens with one attached hydrogen (secondary N) is 1. The molecule has 0 spiro atoms. The minimum Gasteiger partial charge on any atom is -0.444 e. The van der Waals surface area contributed by atoms with Gasteiger partial charge >= 0.3 is 12.2 Å². The van der Waals surface area contributed by atoms with E-state index in [9.17, 15) is 9.59 Å². The molecule has 0 aliphatic carbocycles. The topological polar surface area (TPSA) is 153 Å². The number of nitrogens with zero attached hydrogens (tertiary/aromatic N) is 8. The number of imidazole rings is 2. The van der Waals surface area contributed by atoms with Crippen molar-refractivity contribution < 1.29 is 23.8 Å². The van der Waals surface area contributed by atoms with Crippen molar-refractivity contribution in [2.24, 2.45) is 0 Å². The molecular formula is C43H55N9O5Si. The number of ether oxygens (including phenoxy) is 3. The van der Waals surface area contributed by atoms with Crippen LogP contribution in [0.2, 0.25) is 25.7 Å². The number of H-pyrrole nitrogens is 1. The first-order valence-corrected chi connectivity index (χ1v) is 23.7. The highest BCUT2D eigenvalue weighted by Gasteiger charge is 2.37. The lowest BCUT2D eigenvalue weighted by molar-refractivity contribution is 0.0201. The maximum atomic E-state index is 13.3. The van der Waals surface area contributed by atoms with Crippen molar-refractivity contribution in [3.8, 4) is 33.8 Å². The van der Waals surface area contributed by atoms with E-state index in [1.54, 1.807) is 28.4 Å². The Hall–Kier alpha value is -5.41. The summed E-state index contributed by atoms with van der Waals surface area (Å²) in [6, 6.07) is 10.4. The number of carbonyl (C=O) groups excluding carboxylic acids is 2. The van der Waals surface area contributed by atoms with Crippen LogP contribution < -0.4 is 0 Å². The SMILES string of the molecule is CC(C)(C)OC(=O)N1CC=CC1c1ncc(-c2ccc(-c3cnc4cc(-c5cnc(C6CCCN6C(=O)OC(C)(C)C)n5COCC[Si](C)(C)C)cnc4n3)cc2)[nH]1. The number of rotatable bonds is 10. The Kier molecular flexibility index (Phi) is 11.3. The number of amides is 2. The highest BCUT2D eigenvalue weighted by atomic mass is 28.3. The maximum Gasteiger partial charge on any atom is 0.411 e. The lowest BCUT2D eigenvalue weighted by Crippen LogP contribution is -2.37. The van der Waals surface area contributed by atoms with Gasteiger partial charge in [0.15, 0.2) is 5.65 Å². The molecule has 0 radical (unpaired) electrons. The fourth-order valence-electron chi connectivity index (χ4n) is 7.03. The van der Waals surface area contributed by atoms with Crippen molar-refractivity contribution >= 4 is 31.4 Å². The highest BCUT2D eigenvalue weighted by molar-refractivity contribution is 6.76. The summed E-state index contributed by atoms with van der Waals surface area (Å²) >= 11 is 0. The summed E-state index contributed by atoms with van der Waals surface area (Å²) in [4.78, 5) is 56.8. The summed E-state index contributed by atoms with van der Waals surface area (Å²) in [5.74, 6) is 1.43. The molecule has 6 heterocycles. The molecule has 14 nitrogen and oxygen atoms in total. The molecule has 4 aromatic heterocycles. The van der Waals surface area contributed by atoms with E-state index in [1.165, 1.54) is 0 Å². The van der Waals surface area contributed by atoms with Gasteiger partial charge < -0.3 is 23.8 Å². The Morgan fingerprint density at radius 2 is 1.55 bits per heavy atom. The van der Waals surface area contributed by atoms with Gasteiger partial charge in [-0.05, 0) is 72.1 Å². The van der Waals surface area contributed by atoms with Gasteiger partial charge in [-0.3, -0.25) is 14.8 Å². The molecule has 5 aromatic rings. The molecule has 0 bridgehead atoms. The Labute approximate surface area is 341 Å². The van der Waals surface area contributed by atoms with E-state index in [1.807, 2.05) is 90.2 Å². The van der Waals surface area contributed by atoms with Crippen LogP contribution in [0.25, 0.3) is 44.9 Å². The molecule has 1 aromatic carbocycles. The predicted molar refractivity (Wildman–Crippen MR) is 225 cm³/mol. The summed E-state index contributed by atoms with van der Waals surface area (Å²) < 4.78 is 19.7. The number of hydrogen-bond donors (Lipinski definition) is 1. The van der Waals surface area contributed by atoms with Crippen molar-refractivity contribution in [1.29, 1.82) is 0 Å². The Balaban J connectivity index is 1.10. The van der Waals surface area contributed by atoms with Crippen LogP contribution in [0.15, 0.2) is 67.3 Å². The number of carbonyl (C=O) groups is 2.